The van der Waals surface area contributed by atoms with Gasteiger partial charge in [-0.3, -0.25) is 4.90 Å². The fourth-order valence-electron chi connectivity index (χ4n) is 3.81. The van der Waals surface area contributed by atoms with Crippen molar-refractivity contribution in [2.45, 2.75) is 72.1 Å². The van der Waals surface area contributed by atoms with Crippen LogP contribution in [0.1, 0.15) is 53.9 Å². The number of morpholine rings is 1. The summed E-state index contributed by atoms with van der Waals surface area (Å²) < 4.78 is 5.74. The van der Waals surface area contributed by atoms with Gasteiger partial charge in [-0.25, -0.2) is 0 Å². The van der Waals surface area contributed by atoms with Gasteiger partial charge in [-0.2, -0.15) is 0 Å². The van der Waals surface area contributed by atoms with Crippen LogP contribution in [0.2, 0.25) is 0 Å². The zero-order valence-electron chi connectivity index (χ0n) is 14.1. The van der Waals surface area contributed by atoms with Crippen molar-refractivity contribution in [3.8, 4) is 0 Å². The second kappa shape index (κ2) is 6.33. The number of rotatable bonds is 2. The lowest BCUT2D eigenvalue weighted by Gasteiger charge is -2.45. The predicted octanol–water partition coefficient (Wildman–Crippen LogP) is 2.89. The molecular formula is C17H34N2O. The Morgan fingerprint density at radius 3 is 2.55 bits per heavy atom. The van der Waals surface area contributed by atoms with Crippen LogP contribution < -0.4 is 5.73 Å². The smallest absolute Gasteiger partial charge is 0.0674 e. The Bertz CT molecular complexity index is 313. The van der Waals surface area contributed by atoms with Crippen LogP contribution in [0.4, 0.5) is 0 Å². The molecule has 3 heteroatoms. The van der Waals surface area contributed by atoms with E-state index in [1.807, 2.05) is 0 Å². The molecular weight excluding hydrogens is 248 g/mol. The van der Waals surface area contributed by atoms with Crippen LogP contribution in [-0.4, -0.2) is 42.8 Å². The molecule has 5 unspecified atom stereocenters. The van der Waals surface area contributed by atoms with E-state index < -0.39 is 0 Å². The molecule has 118 valence electrons. The van der Waals surface area contributed by atoms with Crippen LogP contribution in [0.5, 0.6) is 0 Å². The molecule has 5 atom stereocenters. The first-order valence-corrected chi connectivity index (χ1v) is 8.38. The van der Waals surface area contributed by atoms with Crippen molar-refractivity contribution in [2.75, 3.05) is 19.7 Å². The summed E-state index contributed by atoms with van der Waals surface area (Å²) in [5, 5.41) is 0. The van der Waals surface area contributed by atoms with E-state index in [1.54, 1.807) is 0 Å². The summed E-state index contributed by atoms with van der Waals surface area (Å²) in [6, 6.07) is 0.923. The summed E-state index contributed by atoms with van der Waals surface area (Å²) in [4.78, 5) is 2.60. The molecule has 0 radical (unpaired) electrons. The molecule has 0 aromatic rings. The first kappa shape index (κ1) is 16.3. The van der Waals surface area contributed by atoms with Crippen molar-refractivity contribution in [3.05, 3.63) is 0 Å². The molecule has 1 saturated carbocycles. The highest BCUT2D eigenvalue weighted by Gasteiger charge is 2.36. The summed E-state index contributed by atoms with van der Waals surface area (Å²) in [5.41, 5.74) is 6.84. The van der Waals surface area contributed by atoms with E-state index in [0.717, 1.165) is 25.6 Å². The molecule has 0 amide bonds. The largest absolute Gasteiger partial charge is 0.376 e. The molecule has 0 spiro atoms. The maximum Gasteiger partial charge on any atom is 0.0674 e. The van der Waals surface area contributed by atoms with Gasteiger partial charge in [0.05, 0.1) is 12.7 Å². The van der Waals surface area contributed by atoms with Crippen molar-refractivity contribution < 1.29 is 4.74 Å². The van der Waals surface area contributed by atoms with Gasteiger partial charge < -0.3 is 10.5 Å². The second-order valence-corrected chi connectivity index (χ2v) is 8.25. The minimum absolute atomic E-state index is 0.365. The maximum absolute atomic E-state index is 6.42. The van der Waals surface area contributed by atoms with Gasteiger partial charge in [0.25, 0.3) is 0 Å². The minimum atomic E-state index is 0.365. The minimum Gasteiger partial charge on any atom is -0.376 e. The van der Waals surface area contributed by atoms with Crippen molar-refractivity contribution >= 4 is 0 Å². The van der Waals surface area contributed by atoms with E-state index in [4.69, 9.17) is 10.5 Å². The number of nitrogens with two attached hydrogens (primary N) is 1. The Morgan fingerprint density at radius 2 is 1.90 bits per heavy atom. The third kappa shape index (κ3) is 3.96. The van der Waals surface area contributed by atoms with E-state index in [9.17, 15) is 0 Å². The monoisotopic (exact) mass is 282 g/mol. The van der Waals surface area contributed by atoms with Crippen LogP contribution in [0, 0.1) is 17.3 Å². The molecule has 20 heavy (non-hydrogen) atoms. The molecule has 2 fully saturated rings. The highest BCUT2D eigenvalue weighted by atomic mass is 16.5. The first-order chi connectivity index (χ1) is 9.27. The molecule has 1 saturated heterocycles. The lowest BCUT2D eigenvalue weighted by atomic mass is 9.67. The van der Waals surface area contributed by atoms with Crippen molar-refractivity contribution in [3.63, 3.8) is 0 Å². The van der Waals surface area contributed by atoms with Crippen LogP contribution >= 0.6 is 0 Å². The van der Waals surface area contributed by atoms with Crippen molar-refractivity contribution in [1.29, 1.82) is 0 Å². The van der Waals surface area contributed by atoms with E-state index in [1.165, 1.54) is 19.3 Å². The molecule has 1 heterocycles. The standard InChI is InChI=1S/C17H34N2O/c1-12-11-20-13(2)9-19(12)10-14-8-15(17(3,4)5)6-7-16(14)18/h12-16H,6-11,18H2,1-5H3. The number of hydrogen-bond acceptors (Lipinski definition) is 3. The Kier molecular flexibility index (Phi) is 5.14. The summed E-state index contributed by atoms with van der Waals surface area (Å²) in [6.45, 7) is 14.7. The van der Waals surface area contributed by atoms with Crippen LogP contribution in [-0.2, 0) is 4.74 Å². The van der Waals surface area contributed by atoms with Gasteiger partial charge in [0.1, 0.15) is 0 Å². The molecule has 3 nitrogen and oxygen atoms in total. The molecule has 2 rings (SSSR count). The third-order valence-corrected chi connectivity index (χ3v) is 5.47. The van der Waals surface area contributed by atoms with Crippen LogP contribution in [0.15, 0.2) is 0 Å². The molecule has 2 aliphatic rings. The lowest BCUT2D eigenvalue weighted by molar-refractivity contribution is -0.0591. The lowest BCUT2D eigenvalue weighted by Crippen LogP contribution is -2.52. The zero-order chi connectivity index (χ0) is 14.9. The average Bonchev–Trinajstić information content (AvgIpc) is 2.35. The Labute approximate surface area is 125 Å². The Balaban J connectivity index is 1.95. The third-order valence-electron chi connectivity index (χ3n) is 5.47. The average molecular weight is 282 g/mol. The normalized spacial score (nSPS) is 40.8. The van der Waals surface area contributed by atoms with E-state index in [2.05, 4.69) is 39.5 Å². The van der Waals surface area contributed by atoms with Gasteiger partial charge in [0.2, 0.25) is 0 Å². The molecule has 0 bridgehead atoms. The fraction of sp³-hybridized carbons (Fsp3) is 1.00. The SMILES string of the molecule is CC1CN(CC2CC(C(C)(C)C)CCC2N)C(C)CO1. The highest BCUT2D eigenvalue weighted by Crippen LogP contribution is 2.40. The molecule has 1 aliphatic carbocycles. The zero-order valence-corrected chi connectivity index (χ0v) is 14.1. The molecule has 2 N–H and O–H groups in total. The van der Waals surface area contributed by atoms with Crippen molar-refractivity contribution in [2.24, 2.45) is 23.0 Å². The first-order valence-electron chi connectivity index (χ1n) is 8.38. The van der Waals surface area contributed by atoms with Gasteiger partial charge in [0, 0.05) is 25.2 Å². The van der Waals surface area contributed by atoms with Gasteiger partial charge in [0.15, 0.2) is 0 Å². The Hall–Kier alpha value is -0.120. The summed E-state index contributed by atoms with van der Waals surface area (Å²) in [5.74, 6) is 1.47. The van der Waals surface area contributed by atoms with Gasteiger partial charge in [-0.1, -0.05) is 20.8 Å². The number of nitrogens with zero attached hydrogens (tertiary/aromatic N) is 1. The van der Waals surface area contributed by atoms with Gasteiger partial charge >= 0.3 is 0 Å². The van der Waals surface area contributed by atoms with Gasteiger partial charge in [-0.05, 0) is 50.4 Å². The van der Waals surface area contributed by atoms with E-state index >= 15 is 0 Å². The topological polar surface area (TPSA) is 38.5 Å². The van der Waals surface area contributed by atoms with Crippen molar-refractivity contribution in [1.82, 2.24) is 4.90 Å². The van der Waals surface area contributed by atoms with E-state index in [-0.39, 0.29) is 0 Å². The second-order valence-electron chi connectivity index (χ2n) is 8.25. The molecule has 0 aromatic heterocycles. The molecule has 0 aromatic carbocycles. The maximum atomic E-state index is 6.42. The van der Waals surface area contributed by atoms with Crippen LogP contribution in [0.3, 0.4) is 0 Å². The summed E-state index contributed by atoms with van der Waals surface area (Å²) >= 11 is 0. The summed E-state index contributed by atoms with van der Waals surface area (Å²) in [6.07, 6.45) is 4.16. The fourth-order valence-corrected chi connectivity index (χ4v) is 3.81. The van der Waals surface area contributed by atoms with Crippen LogP contribution in [0.25, 0.3) is 0 Å². The van der Waals surface area contributed by atoms with Gasteiger partial charge in [-0.15, -0.1) is 0 Å². The predicted molar refractivity (Wildman–Crippen MR) is 84.7 cm³/mol. The quantitative estimate of drug-likeness (QED) is 0.846. The Morgan fingerprint density at radius 1 is 1.20 bits per heavy atom. The highest BCUT2D eigenvalue weighted by molar-refractivity contribution is 4.90. The molecule has 1 aliphatic heterocycles. The number of hydrogen-bond donors (Lipinski definition) is 1. The number of ether oxygens (including phenoxy) is 1. The van der Waals surface area contributed by atoms with E-state index in [0.29, 0.717) is 29.5 Å². The summed E-state index contributed by atoms with van der Waals surface area (Å²) in [7, 11) is 0.